The zero-order valence-corrected chi connectivity index (χ0v) is 37.4. The molecule has 8 rings (SSSR count). The van der Waals surface area contributed by atoms with Crippen molar-refractivity contribution in [2.45, 2.75) is 100 Å². The van der Waals surface area contributed by atoms with Gasteiger partial charge in [0.2, 0.25) is 29.5 Å². The van der Waals surface area contributed by atoms with Crippen LogP contribution in [-0.2, 0) is 54.5 Å². The number of para-hydroxylation sites is 2. The summed E-state index contributed by atoms with van der Waals surface area (Å²) in [5.41, 5.74) is 11.3. The summed E-state index contributed by atoms with van der Waals surface area (Å²) >= 11 is 0. The van der Waals surface area contributed by atoms with Crippen LogP contribution in [0.15, 0.2) is 122 Å². The number of aromatic amines is 2. The number of nitrogens with two attached hydrogens (primary N) is 1. The summed E-state index contributed by atoms with van der Waals surface area (Å²) in [5, 5.41) is 20.7. The number of aliphatic carboxylic acids is 1. The summed E-state index contributed by atoms with van der Waals surface area (Å²) in [7, 11) is 0. The molecule has 4 heterocycles. The van der Waals surface area contributed by atoms with Gasteiger partial charge in [-0.3, -0.25) is 24.0 Å². The van der Waals surface area contributed by atoms with E-state index in [0.717, 1.165) is 44.1 Å². The third-order valence-electron chi connectivity index (χ3n) is 13.1. The molecule has 6 aromatic rings. The smallest absolute Gasteiger partial charge is 0.326 e. The highest BCUT2D eigenvalue weighted by Gasteiger charge is 2.40. The molecule has 348 valence electrons. The van der Waals surface area contributed by atoms with Crippen LogP contribution in [0.3, 0.4) is 0 Å². The van der Waals surface area contributed by atoms with Crippen molar-refractivity contribution in [3.05, 3.63) is 144 Å². The fourth-order valence-corrected chi connectivity index (χ4v) is 9.60. The number of carbonyl (C=O) groups excluding carboxylic acids is 5. The van der Waals surface area contributed by atoms with Crippen LogP contribution in [-0.4, -0.2) is 110 Å². The summed E-state index contributed by atoms with van der Waals surface area (Å²) in [6, 6.07) is 27.4. The molecule has 0 radical (unpaired) electrons. The van der Waals surface area contributed by atoms with Gasteiger partial charge in [0, 0.05) is 66.6 Å². The van der Waals surface area contributed by atoms with Crippen LogP contribution in [0.25, 0.3) is 21.8 Å². The topological polar surface area (TPSA) is 223 Å². The Morgan fingerprint density at radius 2 is 1.01 bits per heavy atom. The SMILES string of the molecule is N[C@@H](Cc1ccccc1)C(=O)N[C@@H](Cc1c[nH]c2ccccc12)C(=O)N1CCCC[C@H]1C(=O)N[C@@H](Cc1ccccc1)C(=O)N[C@@H](Cc1c[nH]c2ccccc12)C(=O)N1CCCC[C@H]1C(=O)O. The van der Waals surface area contributed by atoms with Crippen molar-refractivity contribution in [1.82, 2.24) is 35.7 Å². The van der Waals surface area contributed by atoms with E-state index in [0.29, 0.717) is 38.5 Å². The number of H-pyrrole nitrogens is 2. The van der Waals surface area contributed by atoms with Gasteiger partial charge in [0.25, 0.3) is 0 Å². The van der Waals surface area contributed by atoms with Gasteiger partial charge in [-0.1, -0.05) is 97.1 Å². The summed E-state index contributed by atoms with van der Waals surface area (Å²) in [4.78, 5) is 94.4. The molecule has 0 unspecified atom stereocenters. The Labute approximate surface area is 388 Å². The fourth-order valence-electron chi connectivity index (χ4n) is 9.60. The van der Waals surface area contributed by atoms with Crippen molar-refractivity contribution >= 4 is 57.3 Å². The molecule has 2 aliphatic rings. The fraction of sp³-hybridized carbons (Fsp3) is 0.346. The number of nitrogens with one attached hydrogen (secondary N) is 5. The lowest BCUT2D eigenvalue weighted by molar-refractivity contribution is -0.153. The molecule has 6 atom stereocenters. The van der Waals surface area contributed by atoms with Gasteiger partial charge >= 0.3 is 5.97 Å². The number of rotatable bonds is 17. The maximum absolute atomic E-state index is 14.9. The van der Waals surface area contributed by atoms with Crippen molar-refractivity contribution in [2.24, 2.45) is 5.73 Å². The lowest BCUT2D eigenvalue weighted by Crippen LogP contribution is -2.62. The number of carboxylic acids is 1. The van der Waals surface area contributed by atoms with Crippen LogP contribution in [0.1, 0.15) is 60.8 Å². The van der Waals surface area contributed by atoms with Gasteiger partial charge in [-0.05, 0) is 79.3 Å². The highest BCUT2D eigenvalue weighted by atomic mass is 16.4. The Morgan fingerprint density at radius 3 is 1.55 bits per heavy atom. The van der Waals surface area contributed by atoms with Crippen LogP contribution in [0.4, 0.5) is 0 Å². The molecular formula is C52H58N8O7. The molecule has 0 bridgehead atoms. The van der Waals surface area contributed by atoms with Crippen LogP contribution in [0.5, 0.6) is 0 Å². The Hall–Kier alpha value is -7.26. The van der Waals surface area contributed by atoms with E-state index in [-0.39, 0.29) is 38.8 Å². The molecule has 8 N–H and O–H groups in total. The van der Waals surface area contributed by atoms with Crippen molar-refractivity contribution < 1.29 is 33.9 Å². The standard InChI is InChI=1S/C52H58N8O7/c53-39(27-33-15-3-1-4-16-33)47(61)57-43(29-35-31-54-40-21-9-7-19-37(35)40)50(64)59-25-13-11-23-45(59)49(63)56-42(28-34-17-5-2-6-18-34)48(62)58-44(30-36-32-55-41-22-10-8-20-38(36)41)51(65)60-26-14-12-24-46(60)52(66)67/h1-10,15-22,31-32,39,42-46,54-55H,11-14,23-30,53H2,(H,56,63)(H,57,61)(H,58,62)(H,66,67)/t39-,42-,43-,44-,45-,46-/m0/s1. The van der Waals surface area contributed by atoms with Crippen molar-refractivity contribution in [3.8, 4) is 0 Å². The van der Waals surface area contributed by atoms with Gasteiger partial charge in [-0.15, -0.1) is 0 Å². The number of piperidine rings is 2. The van der Waals surface area contributed by atoms with E-state index in [1.165, 1.54) is 9.80 Å². The minimum absolute atomic E-state index is 0.0624. The van der Waals surface area contributed by atoms with Gasteiger partial charge < -0.3 is 46.6 Å². The van der Waals surface area contributed by atoms with Crippen LogP contribution >= 0.6 is 0 Å². The van der Waals surface area contributed by atoms with E-state index < -0.39 is 71.8 Å². The van der Waals surface area contributed by atoms with Crippen LogP contribution in [0, 0.1) is 0 Å². The Balaban J connectivity index is 1.06. The number of carboxylic acid groups (broad SMARTS) is 1. The highest BCUT2D eigenvalue weighted by Crippen LogP contribution is 2.25. The molecule has 67 heavy (non-hydrogen) atoms. The number of hydrogen-bond acceptors (Lipinski definition) is 7. The first-order chi connectivity index (χ1) is 32.5. The number of nitrogens with zero attached hydrogens (tertiary/aromatic N) is 2. The molecule has 15 heteroatoms. The quantitative estimate of drug-likeness (QED) is 0.0687. The summed E-state index contributed by atoms with van der Waals surface area (Å²) in [6.45, 7) is 0.469. The molecule has 4 aromatic carbocycles. The van der Waals surface area contributed by atoms with E-state index in [1.807, 2.05) is 115 Å². The molecule has 2 aliphatic heterocycles. The average molecular weight is 907 g/mol. The number of fused-ring (bicyclic) bond motifs is 2. The first-order valence-electron chi connectivity index (χ1n) is 23.2. The molecule has 2 saturated heterocycles. The monoisotopic (exact) mass is 906 g/mol. The predicted molar refractivity (Wildman–Crippen MR) is 254 cm³/mol. The molecule has 0 spiro atoms. The second kappa shape index (κ2) is 21.4. The zero-order chi connectivity index (χ0) is 46.9. The van der Waals surface area contributed by atoms with E-state index in [2.05, 4.69) is 25.9 Å². The van der Waals surface area contributed by atoms with Gasteiger partial charge in [0.05, 0.1) is 6.04 Å². The summed E-state index contributed by atoms with van der Waals surface area (Å²) in [6.07, 6.45) is 7.26. The van der Waals surface area contributed by atoms with Crippen molar-refractivity contribution in [1.29, 1.82) is 0 Å². The Bertz CT molecular complexity index is 2700. The predicted octanol–water partition coefficient (Wildman–Crippen LogP) is 4.55. The second-order valence-corrected chi connectivity index (χ2v) is 17.7. The first-order valence-corrected chi connectivity index (χ1v) is 23.2. The Kier molecular flexibility index (Phi) is 14.8. The number of amides is 5. The largest absolute Gasteiger partial charge is 0.480 e. The molecule has 5 amide bonds. The lowest BCUT2D eigenvalue weighted by atomic mass is 9.96. The molecule has 2 fully saturated rings. The van der Waals surface area contributed by atoms with Crippen LogP contribution in [0.2, 0.25) is 0 Å². The molecule has 0 aliphatic carbocycles. The van der Waals surface area contributed by atoms with E-state index in [9.17, 15) is 33.9 Å². The summed E-state index contributed by atoms with van der Waals surface area (Å²) in [5.74, 6) is -3.77. The van der Waals surface area contributed by atoms with E-state index in [1.54, 1.807) is 6.20 Å². The van der Waals surface area contributed by atoms with E-state index in [4.69, 9.17) is 5.73 Å². The average Bonchev–Trinajstić information content (AvgIpc) is 3.97. The molecule has 15 nitrogen and oxygen atoms in total. The van der Waals surface area contributed by atoms with Gasteiger partial charge in [0.1, 0.15) is 30.2 Å². The number of aromatic nitrogens is 2. The van der Waals surface area contributed by atoms with E-state index >= 15 is 0 Å². The third-order valence-corrected chi connectivity index (χ3v) is 13.1. The molecule has 0 saturated carbocycles. The number of hydrogen-bond donors (Lipinski definition) is 7. The van der Waals surface area contributed by atoms with Crippen molar-refractivity contribution in [2.75, 3.05) is 13.1 Å². The summed E-state index contributed by atoms with van der Waals surface area (Å²) < 4.78 is 0. The van der Waals surface area contributed by atoms with Gasteiger partial charge in [-0.25, -0.2) is 4.79 Å². The molecular weight excluding hydrogens is 849 g/mol. The minimum atomic E-state index is -1.19. The first kappa shape index (κ1) is 46.3. The second-order valence-electron chi connectivity index (χ2n) is 17.7. The molecule has 2 aromatic heterocycles. The van der Waals surface area contributed by atoms with Gasteiger partial charge in [-0.2, -0.15) is 0 Å². The lowest BCUT2D eigenvalue weighted by Gasteiger charge is -2.38. The maximum atomic E-state index is 14.9. The maximum Gasteiger partial charge on any atom is 0.326 e. The normalized spacial score (nSPS) is 18.1. The number of benzene rings is 4. The zero-order valence-electron chi connectivity index (χ0n) is 37.4. The Morgan fingerprint density at radius 1 is 0.552 bits per heavy atom. The highest BCUT2D eigenvalue weighted by molar-refractivity contribution is 5.97. The van der Waals surface area contributed by atoms with Crippen LogP contribution < -0.4 is 21.7 Å². The van der Waals surface area contributed by atoms with Gasteiger partial charge in [0.15, 0.2) is 0 Å². The number of likely N-dealkylation sites (tertiary alicyclic amines) is 2. The third kappa shape index (κ3) is 11.1. The minimum Gasteiger partial charge on any atom is -0.480 e. The van der Waals surface area contributed by atoms with Crippen molar-refractivity contribution in [3.63, 3.8) is 0 Å². The number of carbonyl (C=O) groups is 6.